The van der Waals surface area contributed by atoms with Crippen LogP contribution in [0.2, 0.25) is 0 Å². The summed E-state index contributed by atoms with van der Waals surface area (Å²) in [6.07, 6.45) is 3.28. The van der Waals surface area contributed by atoms with E-state index in [-0.39, 0.29) is 17.8 Å². The minimum Gasteiger partial charge on any atom is -0.335 e. The molecule has 1 saturated heterocycles. The number of hydrogen-bond acceptors (Lipinski definition) is 1. The Kier molecular flexibility index (Phi) is 4.00. The fourth-order valence-corrected chi connectivity index (χ4v) is 2.69. The van der Waals surface area contributed by atoms with Gasteiger partial charge in [-0.1, -0.05) is 19.9 Å². The second-order valence-corrected chi connectivity index (χ2v) is 5.32. The molecule has 98 valence electrons. The predicted octanol–water partition coefficient (Wildman–Crippen LogP) is 3.48. The normalized spacial score (nSPS) is 20.2. The molecule has 1 amide bonds. The highest BCUT2D eigenvalue weighted by atomic mass is 19.1. The van der Waals surface area contributed by atoms with Crippen molar-refractivity contribution >= 4 is 5.91 Å². The molecule has 1 heterocycles. The van der Waals surface area contributed by atoms with Gasteiger partial charge in [-0.25, -0.2) is 4.39 Å². The van der Waals surface area contributed by atoms with Crippen molar-refractivity contribution in [2.24, 2.45) is 5.92 Å². The van der Waals surface area contributed by atoms with Crippen LogP contribution in [0.3, 0.4) is 0 Å². The lowest BCUT2D eigenvalue weighted by Crippen LogP contribution is -2.46. The van der Waals surface area contributed by atoms with Crippen LogP contribution in [0, 0.1) is 11.7 Å². The van der Waals surface area contributed by atoms with Crippen LogP contribution in [0.1, 0.15) is 43.5 Å². The third kappa shape index (κ3) is 2.71. The van der Waals surface area contributed by atoms with Gasteiger partial charge in [0.05, 0.1) is 0 Å². The zero-order valence-electron chi connectivity index (χ0n) is 11.0. The monoisotopic (exact) mass is 249 g/mol. The summed E-state index contributed by atoms with van der Waals surface area (Å²) >= 11 is 0. The molecule has 1 aromatic rings. The van der Waals surface area contributed by atoms with Crippen molar-refractivity contribution in [2.45, 2.75) is 39.2 Å². The summed E-state index contributed by atoms with van der Waals surface area (Å²) < 4.78 is 13.2. The first-order valence-corrected chi connectivity index (χ1v) is 6.66. The summed E-state index contributed by atoms with van der Waals surface area (Å²) in [6, 6.07) is 6.27. The van der Waals surface area contributed by atoms with Crippen molar-refractivity contribution in [3.05, 3.63) is 35.6 Å². The number of halogens is 1. The zero-order valence-corrected chi connectivity index (χ0v) is 11.0. The minimum absolute atomic E-state index is 0.0344. The summed E-state index contributed by atoms with van der Waals surface area (Å²) in [5.41, 5.74) is 0.461. The average Bonchev–Trinajstić information content (AvgIpc) is 2.38. The van der Waals surface area contributed by atoms with E-state index in [0.717, 1.165) is 19.4 Å². The summed E-state index contributed by atoms with van der Waals surface area (Å²) in [5, 5.41) is 0. The van der Waals surface area contributed by atoms with Gasteiger partial charge in [0.1, 0.15) is 5.82 Å². The molecule has 0 saturated carbocycles. The first kappa shape index (κ1) is 13.1. The van der Waals surface area contributed by atoms with Gasteiger partial charge in [-0.3, -0.25) is 4.79 Å². The Morgan fingerprint density at radius 3 is 2.83 bits per heavy atom. The van der Waals surface area contributed by atoms with Crippen LogP contribution in [0.15, 0.2) is 24.3 Å². The molecule has 1 fully saturated rings. The van der Waals surface area contributed by atoms with E-state index >= 15 is 0 Å². The molecule has 3 heteroatoms. The largest absolute Gasteiger partial charge is 0.335 e. The second-order valence-electron chi connectivity index (χ2n) is 5.32. The summed E-state index contributed by atoms with van der Waals surface area (Å²) in [4.78, 5) is 14.3. The Labute approximate surface area is 108 Å². The number of benzene rings is 1. The SMILES string of the molecule is CC(C)C1CCCCN1C(=O)c1cccc(F)c1. The summed E-state index contributed by atoms with van der Waals surface area (Å²) in [5.74, 6) is 0.0645. The Morgan fingerprint density at radius 1 is 1.39 bits per heavy atom. The van der Waals surface area contributed by atoms with Crippen LogP contribution in [0.4, 0.5) is 4.39 Å². The molecular formula is C15H20FNO. The van der Waals surface area contributed by atoms with Gasteiger partial charge in [0.25, 0.3) is 5.91 Å². The van der Waals surface area contributed by atoms with Crippen molar-refractivity contribution < 1.29 is 9.18 Å². The molecular weight excluding hydrogens is 229 g/mol. The van der Waals surface area contributed by atoms with Gasteiger partial charge in [0.2, 0.25) is 0 Å². The van der Waals surface area contributed by atoms with E-state index in [2.05, 4.69) is 13.8 Å². The summed E-state index contributed by atoms with van der Waals surface area (Å²) in [7, 11) is 0. The lowest BCUT2D eigenvalue weighted by atomic mass is 9.92. The van der Waals surface area contributed by atoms with Gasteiger partial charge in [-0.2, -0.15) is 0 Å². The van der Waals surface area contributed by atoms with E-state index in [1.54, 1.807) is 12.1 Å². The number of amides is 1. The molecule has 0 N–H and O–H groups in total. The molecule has 0 radical (unpaired) electrons. The van der Waals surface area contributed by atoms with E-state index in [1.807, 2.05) is 4.90 Å². The highest BCUT2D eigenvalue weighted by Gasteiger charge is 2.29. The number of rotatable bonds is 2. The zero-order chi connectivity index (χ0) is 13.1. The highest BCUT2D eigenvalue weighted by molar-refractivity contribution is 5.94. The quantitative estimate of drug-likeness (QED) is 0.785. The minimum atomic E-state index is -0.348. The number of nitrogens with zero attached hydrogens (tertiary/aromatic N) is 1. The van der Waals surface area contributed by atoms with E-state index in [1.165, 1.54) is 18.6 Å². The molecule has 0 spiro atoms. The Bertz CT molecular complexity index is 430. The van der Waals surface area contributed by atoms with Crippen LogP contribution in [0.5, 0.6) is 0 Å². The van der Waals surface area contributed by atoms with Crippen molar-refractivity contribution in [3.63, 3.8) is 0 Å². The van der Waals surface area contributed by atoms with E-state index < -0.39 is 0 Å². The van der Waals surface area contributed by atoms with Crippen LogP contribution in [0.25, 0.3) is 0 Å². The number of hydrogen-bond donors (Lipinski definition) is 0. The molecule has 1 unspecified atom stereocenters. The second kappa shape index (κ2) is 5.51. The smallest absolute Gasteiger partial charge is 0.254 e. The Morgan fingerprint density at radius 2 is 2.17 bits per heavy atom. The third-order valence-electron chi connectivity index (χ3n) is 3.65. The molecule has 1 atom stereocenters. The lowest BCUT2D eigenvalue weighted by molar-refractivity contribution is 0.0543. The summed E-state index contributed by atoms with van der Waals surface area (Å²) in [6.45, 7) is 5.07. The first-order valence-electron chi connectivity index (χ1n) is 6.66. The fourth-order valence-electron chi connectivity index (χ4n) is 2.69. The molecule has 1 aliphatic rings. The fraction of sp³-hybridized carbons (Fsp3) is 0.533. The van der Waals surface area contributed by atoms with E-state index in [0.29, 0.717) is 11.5 Å². The molecule has 2 nitrogen and oxygen atoms in total. The molecule has 18 heavy (non-hydrogen) atoms. The van der Waals surface area contributed by atoms with E-state index in [9.17, 15) is 9.18 Å². The van der Waals surface area contributed by atoms with Crippen LogP contribution < -0.4 is 0 Å². The molecule has 0 bridgehead atoms. The van der Waals surface area contributed by atoms with Crippen molar-refractivity contribution in [1.82, 2.24) is 4.90 Å². The lowest BCUT2D eigenvalue weighted by Gasteiger charge is -2.38. The topological polar surface area (TPSA) is 20.3 Å². The van der Waals surface area contributed by atoms with Gasteiger partial charge in [0, 0.05) is 18.2 Å². The maximum Gasteiger partial charge on any atom is 0.254 e. The third-order valence-corrected chi connectivity index (χ3v) is 3.65. The number of carbonyl (C=O) groups is 1. The van der Waals surface area contributed by atoms with Gasteiger partial charge < -0.3 is 4.90 Å². The number of likely N-dealkylation sites (tertiary alicyclic amines) is 1. The van der Waals surface area contributed by atoms with Crippen molar-refractivity contribution in [1.29, 1.82) is 0 Å². The number of piperidine rings is 1. The van der Waals surface area contributed by atoms with Crippen LogP contribution in [-0.2, 0) is 0 Å². The maximum atomic E-state index is 13.2. The van der Waals surface area contributed by atoms with Gasteiger partial charge >= 0.3 is 0 Å². The molecule has 0 aliphatic carbocycles. The highest BCUT2D eigenvalue weighted by Crippen LogP contribution is 2.25. The first-order chi connectivity index (χ1) is 8.59. The van der Waals surface area contributed by atoms with Crippen LogP contribution in [-0.4, -0.2) is 23.4 Å². The molecule has 1 aliphatic heterocycles. The van der Waals surface area contributed by atoms with E-state index in [4.69, 9.17) is 0 Å². The molecule has 0 aromatic heterocycles. The standard InChI is InChI=1S/C15H20FNO/c1-11(2)14-8-3-4-9-17(14)15(18)12-6-5-7-13(16)10-12/h5-7,10-11,14H,3-4,8-9H2,1-2H3. The van der Waals surface area contributed by atoms with Crippen molar-refractivity contribution in [3.8, 4) is 0 Å². The van der Waals surface area contributed by atoms with Gasteiger partial charge in [-0.15, -0.1) is 0 Å². The molecule has 2 rings (SSSR count). The van der Waals surface area contributed by atoms with Crippen LogP contribution >= 0.6 is 0 Å². The molecule has 1 aromatic carbocycles. The average molecular weight is 249 g/mol. The van der Waals surface area contributed by atoms with Gasteiger partial charge in [0.15, 0.2) is 0 Å². The number of carbonyl (C=O) groups excluding carboxylic acids is 1. The van der Waals surface area contributed by atoms with Crippen molar-refractivity contribution in [2.75, 3.05) is 6.54 Å². The van der Waals surface area contributed by atoms with Gasteiger partial charge in [-0.05, 0) is 43.4 Å². The Hall–Kier alpha value is -1.38. The maximum absolute atomic E-state index is 13.2. The Balaban J connectivity index is 2.21. The predicted molar refractivity (Wildman–Crippen MR) is 69.9 cm³/mol.